The van der Waals surface area contributed by atoms with E-state index in [2.05, 4.69) is 11.6 Å². The first-order valence-electron chi connectivity index (χ1n) is 4.45. The monoisotopic (exact) mass is 254 g/mol. The molecule has 2 aromatic rings. The van der Waals surface area contributed by atoms with E-state index >= 15 is 0 Å². The Balaban J connectivity index is 2.52. The summed E-state index contributed by atoms with van der Waals surface area (Å²) in [5, 5.41) is 10.4. The van der Waals surface area contributed by atoms with Crippen molar-refractivity contribution in [3.8, 4) is 5.75 Å². The zero-order valence-corrected chi connectivity index (χ0v) is 9.70. The summed E-state index contributed by atoms with van der Waals surface area (Å²) in [6, 6.07) is 3.08. The number of phenols is 1. The Labute approximate surface area is 103 Å². The van der Waals surface area contributed by atoms with Crippen LogP contribution in [0.2, 0.25) is 10.0 Å². The Morgan fingerprint density at radius 3 is 2.75 bits per heavy atom. The molecule has 1 N–H and O–H groups in total. The molecule has 0 spiro atoms. The molecule has 0 radical (unpaired) electrons. The SMILES string of the molecule is C=C(c1cc(Cl)cc(Cl)c1O)n1ccnc1. The third-order valence-electron chi connectivity index (χ3n) is 2.16. The van der Waals surface area contributed by atoms with Gasteiger partial charge in [0.05, 0.1) is 17.0 Å². The number of aromatic hydroxyl groups is 1. The normalized spacial score (nSPS) is 10.4. The van der Waals surface area contributed by atoms with E-state index in [-0.39, 0.29) is 10.8 Å². The molecule has 0 unspecified atom stereocenters. The average molecular weight is 255 g/mol. The van der Waals surface area contributed by atoms with Crippen molar-refractivity contribution in [1.29, 1.82) is 0 Å². The van der Waals surface area contributed by atoms with Crippen molar-refractivity contribution in [3.63, 3.8) is 0 Å². The van der Waals surface area contributed by atoms with Crippen LogP contribution in [0.5, 0.6) is 5.75 Å². The van der Waals surface area contributed by atoms with E-state index in [1.165, 1.54) is 6.07 Å². The topological polar surface area (TPSA) is 38.0 Å². The van der Waals surface area contributed by atoms with Crippen molar-refractivity contribution in [2.45, 2.75) is 0 Å². The van der Waals surface area contributed by atoms with Gasteiger partial charge in [-0.05, 0) is 12.1 Å². The lowest BCUT2D eigenvalue weighted by Gasteiger charge is -2.10. The van der Waals surface area contributed by atoms with Crippen LogP contribution in [0, 0.1) is 0 Å². The number of hydrogen-bond acceptors (Lipinski definition) is 2. The Morgan fingerprint density at radius 2 is 2.12 bits per heavy atom. The lowest BCUT2D eigenvalue weighted by atomic mass is 10.1. The Morgan fingerprint density at radius 1 is 1.38 bits per heavy atom. The van der Waals surface area contributed by atoms with Gasteiger partial charge >= 0.3 is 0 Å². The molecule has 2 rings (SSSR count). The lowest BCUT2D eigenvalue weighted by Crippen LogP contribution is -1.95. The van der Waals surface area contributed by atoms with E-state index in [0.717, 1.165) is 0 Å². The van der Waals surface area contributed by atoms with Crippen molar-refractivity contribution in [2.75, 3.05) is 0 Å². The van der Waals surface area contributed by atoms with Gasteiger partial charge in [-0.15, -0.1) is 0 Å². The van der Waals surface area contributed by atoms with Gasteiger partial charge in [-0.3, -0.25) is 0 Å². The maximum atomic E-state index is 9.81. The minimum atomic E-state index is -0.0373. The highest BCUT2D eigenvalue weighted by atomic mass is 35.5. The quantitative estimate of drug-likeness (QED) is 0.892. The molecule has 16 heavy (non-hydrogen) atoms. The summed E-state index contributed by atoms with van der Waals surface area (Å²) >= 11 is 11.7. The maximum Gasteiger partial charge on any atom is 0.143 e. The molecular formula is C11H8Cl2N2O. The fourth-order valence-corrected chi connectivity index (χ4v) is 1.84. The van der Waals surface area contributed by atoms with Crippen LogP contribution in [0.3, 0.4) is 0 Å². The van der Waals surface area contributed by atoms with E-state index in [0.29, 0.717) is 16.3 Å². The first-order valence-corrected chi connectivity index (χ1v) is 5.21. The first kappa shape index (κ1) is 11.0. The van der Waals surface area contributed by atoms with E-state index < -0.39 is 0 Å². The highest BCUT2D eigenvalue weighted by molar-refractivity contribution is 6.35. The van der Waals surface area contributed by atoms with Gasteiger partial charge in [-0.25, -0.2) is 4.98 Å². The average Bonchev–Trinajstić information content (AvgIpc) is 2.75. The zero-order chi connectivity index (χ0) is 11.7. The summed E-state index contributed by atoms with van der Waals surface area (Å²) in [6.45, 7) is 3.86. The summed E-state index contributed by atoms with van der Waals surface area (Å²) in [4.78, 5) is 3.90. The number of hydrogen-bond donors (Lipinski definition) is 1. The Kier molecular flexibility index (Phi) is 2.90. The molecule has 82 valence electrons. The largest absolute Gasteiger partial charge is 0.506 e. The smallest absolute Gasteiger partial charge is 0.143 e. The molecule has 0 atom stereocenters. The van der Waals surface area contributed by atoms with E-state index in [9.17, 15) is 5.11 Å². The number of phenolic OH excluding ortho intramolecular Hbond substituents is 1. The second-order valence-corrected chi connectivity index (χ2v) is 4.04. The zero-order valence-electron chi connectivity index (χ0n) is 8.19. The Hall–Kier alpha value is -1.45. The van der Waals surface area contributed by atoms with Crippen molar-refractivity contribution in [3.05, 3.63) is 53.0 Å². The molecule has 0 saturated carbocycles. The fourth-order valence-electron chi connectivity index (χ4n) is 1.34. The third-order valence-corrected chi connectivity index (χ3v) is 2.66. The molecule has 1 aromatic carbocycles. The summed E-state index contributed by atoms with van der Waals surface area (Å²) < 4.78 is 1.67. The van der Waals surface area contributed by atoms with Gasteiger partial charge in [0.15, 0.2) is 0 Å². The van der Waals surface area contributed by atoms with Crippen LogP contribution in [0.4, 0.5) is 0 Å². The summed E-state index contributed by atoms with van der Waals surface area (Å²) in [5.74, 6) is -0.0373. The van der Waals surface area contributed by atoms with Crippen LogP contribution in [0.1, 0.15) is 5.56 Å². The molecule has 0 aliphatic carbocycles. The molecule has 0 amide bonds. The molecule has 0 saturated heterocycles. The van der Waals surface area contributed by atoms with Gasteiger partial charge < -0.3 is 9.67 Å². The molecular weight excluding hydrogens is 247 g/mol. The van der Waals surface area contributed by atoms with Gasteiger partial charge in [0, 0.05) is 23.0 Å². The predicted octanol–water partition coefficient (Wildman–Crippen LogP) is 3.41. The number of halogens is 2. The summed E-state index contributed by atoms with van der Waals surface area (Å²) in [7, 11) is 0. The molecule has 5 heteroatoms. The van der Waals surface area contributed by atoms with Crippen molar-refractivity contribution < 1.29 is 5.11 Å². The van der Waals surface area contributed by atoms with E-state index in [4.69, 9.17) is 23.2 Å². The van der Waals surface area contributed by atoms with E-state index in [1.807, 2.05) is 0 Å². The van der Waals surface area contributed by atoms with Crippen LogP contribution in [-0.4, -0.2) is 14.7 Å². The summed E-state index contributed by atoms with van der Waals surface area (Å²) in [5.41, 5.74) is 1.04. The highest BCUT2D eigenvalue weighted by Crippen LogP contribution is 2.35. The fraction of sp³-hybridized carbons (Fsp3) is 0. The standard InChI is InChI=1S/C11H8Cl2N2O/c1-7(15-3-2-14-6-15)9-4-8(12)5-10(13)11(9)16/h2-6,16H,1H2. The third kappa shape index (κ3) is 1.92. The van der Waals surface area contributed by atoms with Gasteiger partial charge in [0.1, 0.15) is 5.75 Å². The number of benzene rings is 1. The van der Waals surface area contributed by atoms with Crippen molar-refractivity contribution in [1.82, 2.24) is 9.55 Å². The molecule has 1 aromatic heterocycles. The molecule has 1 heterocycles. The number of aromatic nitrogens is 2. The van der Waals surface area contributed by atoms with Gasteiger partial charge in [0.2, 0.25) is 0 Å². The van der Waals surface area contributed by atoms with Crippen LogP contribution in [0.25, 0.3) is 5.70 Å². The van der Waals surface area contributed by atoms with Gasteiger partial charge in [0.25, 0.3) is 0 Å². The number of imidazole rings is 1. The van der Waals surface area contributed by atoms with E-state index in [1.54, 1.807) is 29.4 Å². The van der Waals surface area contributed by atoms with Crippen LogP contribution >= 0.6 is 23.2 Å². The van der Waals surface area contributed by atoms with Crippen LogP contribution in [-0.2, 0) is 0 Å². The maximum absolute atomic E-state index is 9.81. The number of rotatable bonds is 2. The predicted molar refractivity (Wildman–Crippen MR) is 64.8 cm³/mol. The second-order valence-electron chi connectivity index (χ2n) is 3.20. The lowest BCUT2D eigenvalue weighted by molar-refractivity contribution is 0.473. The molecule has 0 aliphatic rings. The molecule has 0 fully saturated rings. The highest BCUT2D eigenvalue weighted by Gasteiger charge is 2.11. The van der Waals surface area contributed by atoms with Crippen LogP contribution in [0.15, 0.2) is 37.4 Å². The number of nitrogens with zero attached hydrogens (tertiary/aromatic N) is 2. The van der Waals surface area contributed by atoms with Crippen molar-refractivity contribution >= 4 is 28.9 Å². The van der Waals surface area contributed by atoms with Gasteiger partial charge in [-0.1, -0.05) is 29.8 Å². The van der Waals surface area contributed by atoms with Gasteiger partial charge in [-0.2, -0.15) is 0 Å². The Bertz CT molecular complexity index is 535. The molecule has 0 bridgehead atoms. The molecule has 3 nitrogen and oxygen atoms in total. The first-order chi connectivity index (χ1) is 7.59. The second kappa shape index (κ2) is 4.20. The van der Waals surface area contributed by atoms with Crippen LogP contribution < -0.4 is 0 Å². The summed E-state index contributed by atoms with van der Waals surface area (Å²) in [6.07, 6.45) is 4.92. The van der Waals surface area contributed by atoms with Crippen molar-refractivity contribution in [2.24, 2.45) is 0 Å². The minimum absolute atomic E-state index is 0.0373. The molecule has 0 aliphatic heterocycles. The minimum Gasteiger partial charge on any atom is -0.506 e.